The number of hydrogen-bond acceptors (Lipinski definition) is 4. The summed E-state index contributed by atoms with van der Waals surface area (Å²) in [7, 11) is 1.63. The molecule has 0 radical (unpaired) electrons. The summed E-state index contributed by atoms with van der Waals surface area (Å²) in [6.07, 6.45) is 1.59. The van der Waals surface area contributed by atoms with Crippen LogP contribution in [-0.4, -0.2) is 12.1 Å². The Morgan fingerprint density at radius 1 is 1.23 bits per heavy atom. The van der Waals surface area contributed by atoms with Gasteiger partial charge in [-0.15, -0.1) is 0 Å². The van der Waals surface area contributed by atoms with Crippen molar-refractivity contribution >= 4 is 44.9 Å². The average molecular weight is 401 g/mol. The van der Waals surface area contributed by atoms with Crippen LogP contribution >= 0.6 is 22.6 Å². The van der Waals surface area contributed by atoms with Crippen molar-refractivity contribution in [1.82, 2.24) is 4.98 Å². The molecule has 1 heterocycles. The van der Waals surface area contributed by atoms with Crippen LogP contribution in [0.5, 0.6) is 5.75 Å². The Morgan fingerprint density at radius 3 is 2.86 bits per heavy atom. The summed E-state index contributed by atoms with van der Waals surface area (Å²) >= 11 is 2.25. The number of rotatable bonds is 3. The molecule has 0 atom stereocenters. The summed E-state index contributed by atoms with van der Waals surface area (Å²) < 4.78 is 6.33. The number of nitrogens with one attached hydrogen (secondary N) is 1. The molecule has 0 unspecified atom stereocenters. The smallest absolute Gasteiger partial charge is 0.120 e. The molecule has 1 N–H and O–H groups in total. The topological polar surface area (TPSA) is 57.9 Å². The second-order valence-corrected chi connectivity index (χ2v) is 5.92. The van der Waals surface area contributed by atoms with Crippen molar-refractivity contribution in [2.45, 2.75) is 0 Å². The predicted molar refractivity (Wildman–Crippen MR) is 95.5 cm³/mol. The Bertz CT molecular complexity index is 887. The van der Waals surface area contributed by atoms with Crippen LogP contribution < -0.4 is 10.1 Å². The molecule has 0 aliphatic heterocycles. The van der Waals surface area contributed by atoms with Crippen LogP contribution in [-0.2, 0) is 0 Å². The van der Waals surface area contributed by atoms with Crippen molar-refractivity contribution in [2.24, 2.45) is 0 Å². The highest BCUT2D eigenvalue weighted by molar-refractivity contribution is 14.1. The third kappa shape index (κ3) is 2.83. The van der Waals surface area contributed by atoms with Crippen LogP contribution in [0.2, 0.25) is 0 Å². The van der Waals surface area contributed by atoms with Gasteiger partial charge >= 0.3 is 0 Å². The Labute approximate surface area is 141 Å². The van der Waals surface area contributed by atoms with Gasteiger partial charge in [0.2, 0.25) is 0 Å². The summed E-state index contributed by atoms with van der Waals surface area (Å²) in [6, 6.07) is 15.8. The second-order valence-electron chi connectivity index (χ2n) is 4.68. The quantitative estimate of drug-likeness (QED) is 0.659. The van der Waals surface area contributed by atoms with E-state index in [4.69, 9.17) is 4.74 Å². The lowest BCUT2D eigenvalue weighted by Crippen LogP contribution is -1.97. The average Bonchev–Trinajstić information content (AvgIpc) is 2.55. The molecule has 0 fully saturated rings. The number of halogens is 1. The molecular formula is C17H12IN3O. The van der Waals surface area contributed by atoms with Gasteiger partial charge in [-0.3, -0.25) is 4.98 Å². The lowest BCUT2D eigenvalue weighted by Gasteiger charge is -2.12. The SMILES string of the molecule is COc1cccc(Nc2c(C#N)cnc3ccc(I)cc23)c1. The lowest BCUT2D eigenvalue weighted by molar-refractivity contribution is 0.415. The first-order valence-corrected chi connectivity index (χ1v) is 7.68. The van der Waals surface area contributed by atoms with E-state index in [1.807, 2.05) is 42.5 Å². The molecule has 22 heavy (non-hydrogen) atoms. The largest absolute Gasteiger partial charge is 0.497 e. The Hall–Kier alpha value is -2.33. The van der Waals surface area contributed by atoms with Crippen molar-refractivity contribution < 1.29 is 4.74 Å². The number of pyridine rings is 1. The van der Waals surface area contributed by atoms with E-state index in [-0.39, 0.29) is 0 Å². The molecule has 4 nitrogen and oxygen atoms in total. The fourth-order valence-electron chi connectivity index (χ4n) is 2.23. The van der Waals surface area contributed by atoms with Gasteiger partial charge in [0.25, 0.3) is 0 Å². The van der Waals surface area contributed by atoms with Gasteiger partial charge in [0.1, 0.15) is 11.8 Å². The molecule has 0 aliphatic rings. The Morgan fingerprint density at radius 2 is 2.09 bits per heavy atom. The summed E-state index contributed by atoms with van der Waals surface area (Å²) in [5.41, 5.74) is 2.99. The van der Waals surface area contributed by atoms with Crippen molar-refractivity contribution in [3.8, 4) is 11.8 Å². The molecule has 5 heteroatoms. The van der Waals surface area contributed by atoms with Crippen molar-refractivity contribution in [1.29, 1.82) is 5.26 Å². The molecule has 108 valence electrons. The van der Waals surface area contributed by atoms with Gasteiger partial charge < -0.3 is 10.1 Å². The molecule has 1 aromatic heterocycles. The van der Waals surface area contributed by atoms with E-state index in [0.717, 1.165) is 31.6 Å². The second kappa shape index (κ2) is 6.20. The highest BCUT2D eigenvalue weighted by atomic mass is 127. The highest BCUT2D eigenvalue weighted by Crippen LogP contribution is 2.30. The molecule has 0 bridgehead atoms. The van der Waals surface area contributed by atoms with Gasteiger partial charge in [-0.2, -0.15) is 5.26 Å². The van der Waals surface area contributed by atoms with E-state index in [1.165, 1.54) is 0 Å². The minimum Gasteiger partial charge on any atom is -0.497 e. The van der Waals surface area contributed by atoms with Crippen LogP contribution in [0.3, 0.4) is 0 Å². The van der Waals surface area contributed by atoms with Crippen molar-refractivity contribution in [3.63, 3.8) is 0 Å². The first-order chi connectivity index (χ1) is 10.7. The summed E-state index contributed by atoms with van der Waals surface area (Å²) in [6.45, 7) is 0. The molecule has 0 saturated carbocycles. The maximum Gasteiger partial charge on any atom is 0.120 e. The number of methoxy groups -OCH3 is 1. The first kappa shape index (κ1) is 14.6. The first-order valence-electron chi connectivity index (χ1n) is 6.60. The van der Waals surface area contributed by atoms with Gasteiger partial charge in [0, 0.05) is 26.9 Å². The molecule has 0 aliphatic carbocycles. The van der Waals surface area contributed by atoms with Crippen LogP contribution in [0.1, 0.15) is 5.56 Å². The van der Waals surface area contributed by atoms with Crippen LogP contribution in [0.15, 0.2) is 48.7 Å². The van der Waals surface area contributed by atoms with Gasteiger partial charge in [0.15, 0.2) is 0 Å². The number of anilines is 2. The van der Waals surface area contributed by atoms with E-state index < -0.39 is 0 Å². The van der Waals surface area contributed by atoms with Crippen molar-refractivity contribution in [3.05, 3.63) is 57.8 Å². The molecule has 0 amide bonds. The summed E-state index contributed by atoms with van der Waals surface area (Å²) in [5.74, 6) is 0.761. The van der Waals surface area contributed by atoms with Crippen LogP contribution in [0.25, 0.3) is 10.9 Å². The number of ether oxygens (including phenoxy) is 1. The van der Waals surface area contributed by atoms with Gasteiger partial charge in [-0.05, 0) is 52.9 Å². The van der Waals surface area contributed by atoms with Gasteiger partial charge in [0.05, 0.1) is 23.9 Å². The molecule has 0 saturated heterocycles. The maximum absolute atomic E-state index is 9.37. The lowest BCUT2D eigenvalue weighted by atomic mass is 10.1. The van der Waals surface area contributed by atoms with E-state index in [2.05, 4.69) is 39.0 Å². The fourth-order valence-corrected chi connectivity index (χ4v) is 2.72. The number of benzene rings is 2. The normalized spacial score (nSPS) is 10.2. The zero-order valence-corrected chi connectivity index (χ0v) is 14.0. The minimum absolute atomic E-state index is 0.511. The van der Waals surface area contributed by atoms with E-state index in [9.17, 15) is 5.26 Å². The van der Waals surface area contributed by atoms with Gasteiger partial charge in [-0.1, -0.05) is 6.07 Å². The maximum atomic E-state index is 9.37. The predicted octanol–water partition coefficient (Wildman–Crippen LogP) is 4.46. The third-order valence-corrected chi connectivity index (χ3v) is 3.96. The Kier molecular flexibility index (Phi) is 4.11. The fraction of sp³-hybridized carbons (Fsp3) is 0.0588. The number of hydrogen-bond donors (Lipinski definition) is 1. The molecule has 3 aromatic rings. The van der Waals surface area contributed by atoms with E-state index in [0.29, 0.717) is 5.56 Å². The zero-order valence-electron chi connectivity index (χ0n) is 11.8. The molecule has 0 spiro atoms. The molecular weight excluding hydrogens is 389 g/mol. The van der Waals surface area contributed by atoms with Crippen LogP contribution in [0.4, 0.5) is 11.4 Å². The van der Waals surface area contributed by atoms with Gasteiger partial charge in [-0.25, -0.2) is 0 Å². The number of nitriles is 1. The third-order valence-electron chi connectivity index (χ3n) is 3.29. The summed E-state index contributed by atoms with van der Waals surface area (Å²) in [5, 5.41) is 13.6. The Balaban J connectivity index is 2.15. The molecule has 2 aromatic carbocycles. The zero-order chi connectivity index (χ0) is 15.5. The van der Waals surface area contributed by atoms with E-state index in [1.54, 1.807) is 13.3 Å². The number of fused-ring (bicyclic) bond motifs is 1. The number of aromatic nitrogens is 1. The van der Waals surface area contributed by atoms with Crippen LogP contribution in [0, 0.1) is 14.9 Å². The summed E-state index contributed by atoms with van der Waals surface area (Å²) in [4.78, 5) is 4.34. The van der Waals surface area contributed by atoms with Crippen molar-refractivity contribution in [2.75, 3.05) is 12.4 Å². The number of nitrogens with zero attached hydrogens (tertiary/aromatic N) is 2. The van der Waals surface area contributed by atoms with E-state index >= 15 is 0 Å². The highest BCUT2D eigenvalue weighted by Gasteiger charge is 2.10. The molecule has 3 rings (SSSR count). The standard InChI is InChI=1S/C17H12IN3O/c1-22-14-4-2-3-13(8-14)21-17-11(9-19)10-20-16-6-5-12(18)7-15(16)17/h2-8,10H,1H3,(H,20,21). The monoisotopic (exact) mass is 401 g/mol. The minimum atomic E-state index is 0.511.